The van der Waals surface area contributed by atoms with Gasteiger partial charge in [0.15, 0.2) is 17.6 Å². The Morgan fingerprint density at radius 1 is 1.53 bits per heavy atom. The summed E-state index contributed by atoms with van der Waals surface area (Å²) in [5.41, 5.74) is 0.170. The summed E-state index contributed by atoms with van der Waals surface area (Å²) in [5.74, 6) is -1.27. The summed E-state index contributed by atoms with van der Waals surface area (Å²) in [4.78, 5) is 10.5. The van der Waals surface area contributed by atoms with Gasteiger partial charge in [-0.05, 0) is 24.6 Å². The first kappa shape index (κ1) is 11.3. The molecule has 0 aliphatic carbocycles. The van der Waals surface area contributed by atoms with E-state index in [2.05, 4.69) is 0 Å². The molecule has 0 aromatic heterocycles. The van der Waals surface area contributed by atoms with Crippen molar-refractivity contribution in [3.8, 4) is 11.5 Å². The molecule has 1 atom stereocenters. The number of rotatable bonds is 4. The van der Waals surface area contributed by atoms with Crippen molar-refractivity contribution in [1.82, 2.24) is 0 Å². The first-order valence-corrected chi connectivity index (χ1v) is 4.42. The van der Waals surface area contributed by atoms with Crippen LogP contribution in [-0.2, 0) is 4.79 Å². The first-order chi connectivity index (χ1) is 7.06. The SMILES string of the molecule is CCOc1cc([C@H](O)C(=O)O)ccc1O. The molecule has 82 valence electrons. The predicted molar refractivity (Wildman–Crippen MR) is 51.9 cm³/mol. The van der Waals surface area contributed by atoms with E-state index >= 15 is 0 Å². The Morgan fingerprint density at radius 3 is 2.73 bits per heavy atom. The van der Waals surface area contributed by atoms with Gasteiger partial charge in [-0.3, -0.25) is 0 Å². The summed E-state index contributed by atoms with van der Waals surface area (Å²) in [7, 11) is 0. The Labute approximate surface area is 86.5 Å². The molecule has 0 heterocycles. The number of carboxylic acids is 1. The van der Waals surface area contributed by atoms with Crippen molar-refractivity contribution in [1.29, 1.82) is 0 Å². The monoisotopic (exact) mass is 212 g/mol. The lowest BCUT2D eigenvalue weighted by molar-refractivity contribution is -0.146. The zero-order valence-electron chi connectivity index (χ0n) is 8.17. The second-order valence-electron chi connectivity index (χ2n) is 2.90. The number of phenolic OH excluding ortho intramolecular Hbond substituents is 1. The Balaban J connectivity index is 3.01. The van der Waals surface area contributed by atoms with Gasteiger partial charge in [0.1, 0.15) is 0 Å². The zero-order valence-corrected chi connectivity index (χ0v) is 8.17. The molecule has 0 unspecified atom stereocenters. The topological polar surface area (TPSA) is 87.0 Å². The zero-order chi connectivity index (χ0) is 11.4. The Kier molecular flexibility index (Phi) is 3.51. The fraction of sp³-hybridized carbons (Fsp3) is 0.300. The standard InChI is InChI=1S/C10H12O5/c1-2-15-8-5-6(3-4-7(8)11)9(12)10(13)14/h3-5,9,11-12H,2H2,1H3,(H,13,14)/t9-/m0/s1. The number of carbonyl (C=O) groups is 1. The van der Waals surface area contributed by atoms with Crippen LogP contribution in [0.3, 0.4) is 0 Å². The maximum absolute atomic E-state index is 10.5. The van der Waals surface area contributed by atoms with Crippen molar-refractivity contribution in [3.05, 3.63) is 23.8 Å². The van der Waals surface area contributed by atoms with E-state index in [0.717, 1.165) is 0 Å². The molecule has 0 saturated carbocycles. The number of phenols is 1. The summed E-state index contributed by atoms with van der Waals surface area (Å²) < 4.78 is 5.05. The van der Waals surface area contributed by atoms with Crippen molar-refractivity contribution in [2.24, 2.45) is 0 Å². The third kappa shape index (κ3) is 2.60. The van der Waals surface area contributed by atoms with Gasteiger partial charge in [-0.25, -0.2) is 4.79 Å². The molecule has 0 saturated heterocycles. The molecule has 1 rings (SSSR count). The number of hydrogen-bond acceptors (Lipinski definition) is 4. The van der Waals surface area contributed by atoms with Gasteiger partial charge < -0.3 is 20.1 Å². The maximum Gasteiger partial charge on any atom is 0.337 e. The lowest BCUT2D eigenvalue weighted by Crippen LogP contribution is -2.10. The Hall–Kier alpha value is -1.75. The van der Waals surface area contributed by atoms with Crippen molar-refractivity contribution in [3.63, 3.8) is 0 Å². The molecule has 5 heteroatoms. The third-order valence-corrected chi connectivity index (χ3v) is 1.83. The van der Waals surface area contributed by atoms with Crippen molar-refractivity contribution in [2.45, 2.75) is 13.0 Å². The van der Waals surface area contributed by atoms with Crippen LogP contribution in [0.25, 0.3) is 0 Å². The fourth-order valence-electron chi connectivity index (χ4n) is 1.11. The van der Waals surface area contributed by atoms with Gasteiger partial charge in [0.2, 0.25) is 0 Å². The van der Waals surface area contributed by atoms with Gasteiger partial charge in [-0.15, -0.1) is 0 Å². The minimum Gasteiger partial charge on any atom is -0.504 e. The summed E-state index contributed by atoms with van der Waals surface area (Å²) in [5, 5.41) is 27.1. The lowest BCUT2D eigenvalue weighted by atomic mass is 10.1. The van der Waals surface area contributed by atoms with Crippen LogP contribution < -0.4 is 4.74 Å². The minimum atomic E-state index is -1.61. The van der Waals surface area contributed by atoms with Crippen molar-refractivity contribution < 1.29 is 24.9 Å². The first-order valence-electron chi connectivity index (χ1n) is 4.42. The van der Waals surface area contributed by atoms with E-state index in [0.29, 0.717) is 6.61 Å². The van der Waals surface area contributed by atoms with Crippen LogP contribution in [0.1, 0.15) is 18.6 Å². The number of aliphatic hydroxyl groups excluding tert-OH is 1. The Morgan fingerprint density at radius 2 is 2.20 bits per heavy atom. The van der Waals surface area contributed by atoms with E-state index in [-0.39, 0.29) is 17.1 Å². The normalized spacial score (nSPS) is 12.1. The second kappa shape index (κ2) is 4.65. The summed E-state index contributed by atoms with van der Waals surface area (Å²) >= 11 is 0. The quantitative estimate of drug-likeness (QED) is 0.690. The molecule has 1 aromatic rings. The van der Waals surface area contributed by atoms with Crippen LogP contribution >= 0.6 is 0 Å². The molecule has 0 amide bonds. The predicted octanol–water partition coefficient (Wildman–Crippen LogP) is 0.909. The highest BCUT2D eigenvalue weighted by molar-refractivity contribution is 5.74. The van der Waals surface area contributed by atoms with Crippen LogP contribution in [0.2, 0.25) is 0 Å². The highest BCUT2D eigenvalue weighted by Crippen LogP contribution is 2.29. The number of aliphatic carboxylic acids is 1. The minimum absolute atomic E-state index is 0.0850. The number of aliphatic hydroxyl groups is 1. The van der Waals surface area contributed by atoms with Crippen LogP contribution in [-0.4, -0.2) is 27.9 Å². The van der Waals surface area contributed by atoms with E-state index in [1.54, 1.807) is 6.92 Å². The number of ether oxygens (including phenoxy) is 1. The number of hydrogen-bond donors (Lipinski definition) is 3. The highest BCUT2D eigenvalue weighted by atomic mass is 16.5. The molecular formula is C10H12O5. The van der Waals surface area contributed by atoms with E-state index in [1.807, 2.05) is 0 Å². The average molecular weight is 212 g/mol. The lowest BCUT2D eigenvalue weighted by Gasteiger charge is -2.10. The fourth-order valence-corrected chi connectivity index (χ4v) is 1.11. The van der Waals surface area contributed by atoms with Crippen LogP contribution in [0, 0.1) is 0 Å². The molecular weight excluding hydrogens is 200 g/mol. The van der Waals surface area contributed by atoms with Gasteiger partial charge in [-0.2, -0.15) is 0 Å². The molecule has 3 N–H and O–H groups in total. The van der Waals surface area contributed by atoms with E-state index < -0.39 is 12.1 Å². The maximum atomic E-state index is 10.5. The average Bonchev–Trinajstić information content (AvgIpc) is 2.20. The molecule has 0 bridgehead atoms. The molecule has 0 radical (unpaired) electrons. The number of carboxylic acid groups (broad SMARTS) is 1. The van der Waals surface area contributed by atoms with E-state index in [9.17, 15) is 15.0 Å². The van der Waals surface area contributed by atoms with Crippen LogP contribution in [0.4, 0.5) is 0 Å². The molecule has 15 heavy (non-hydrogen) atoms. The smallest absolute Gasteiger partial charge is 0.337 e. The molecule has 0 spiro atoms. The van der Waals surface area contributed by atoms with E-state index in [4.69, 9.17) is 9.84 Å². The molecule has 1 aromatic carbocycles. The Bertz CT molecular complexity index is 361. The van der Waals surface area contributed by atoms with Gasteiger partial charge in [0.25, 0.3) is 0 Å². The molecule has 0 aliphatic rings. The molecule has 0 fully saturated rings. The van der Waals surface area contributed by atoms with Crippen LogP contribution in [0.15, 0.2) is 18.2 Å². The second-order valence-corrected chi connectivity index (χ2v) is 2.90. The van der Waals surface area contributed by atoms with Crippen molar-refractivity contribution >= 4 is 5.97 Å². The van der Waals surface area contributed by atoms with Gasteiger partial charge in [0.05, 0.1) is 6.61 Å². The largest absolute Gasteiger partial charge is 0.504 e. The molecule has 0 aliphatic heterocycles. The summed E-state index contributed by atoms with van der Waals surface area (Å²) in [6.45, 7) is 2.08. The van der Waals surface area contributed by atoms with Crippen molar-refractivity contribution in [2.75, 3.05) is 6.61 Å². The van der Waals surface area contributed by atoms with E-state index in [1.165, 1.54) is 18.2 Å². The summed E-state index contributed by atoms with van der Waals surface area (Å²) in [6, 6.07) is 3.92. The van der Waals surface area contributed by atoms with Gasteiger partial charge in [-0.1, -0.05) is 6.07 Å². The van der Waals surface area contributed by atoms with Crippen LogP contribution in [0.5, 0.6) is 11.5 Å². The van der Waals surface area contributed by atoms with Gasteiger partial charge >= 0.3 is 5.97 Å². The third-order valence-electron chi connectivity index (χ3n) is 1.83. The highest BCUT2D eigenvalue weighted by Gasteiger charge is 2.17. The molecule has 5 nitrogen and oxygen atoms in total. The number of benzene rings is 1. The van der Waals surface area contributed by atoms with Gasteiger partial charge in [0, 0.05) is 0 Å². The summed E-state index contributed by atoms with van der Waals surface area (Å²) in [6.07, 6.45) is -1.61. The number of aromatic hydroxyl groups is 1.